The number of esters is 2. The molecule has 0 saturated heterocycles. The highest BCUT2D eigenvalue weighted by Gasteiger charge is 2.26. The van der Waals surface area contributed by atoms with Gasteiger partial charge in [-0.2, -0.15) is 0 Å². The molecule has 0 amide bonds. The zero-order chi connectivity index (χ0) is 43.2. The summed E-state index contributed by atoms with van der Waals surface area (Å²) in [5, 5.41) is 0. The van der Waals surface area contributed by atoms with Gasteiger partial charge < -0.3 is 20.1 Å². The lowest BCUT2D eigenvalue weighted by Crippen LogP contribution is -2.29. The maximum atomic E-state index is 12.6. The third-order valence-electron chi connectivity index (χ3n) is 10.2. The molecule has 9 nitrogen and oxygen atoms in total. The van der Waals surface area contributed by atoms with Gasteiger partial charge in [0.15, 0.2) is 6.10 Å². The zero-order valence-electron chi connectivity index (χ0n) is 38.0. The first-order chi connectivity index (χ1) is 28.8. The van der Waals surface area contributed by atoms with Gasteiger partial charge in [-0.3, -0.25) is 18.6 Å². The summed E-state index contributed by atoms with van der Waals surface area (Å²) < 4.78 is 32.9. The van der Waals surface area contributed by atoms with Gasteiger partial charge in [-0.15, -0.1) is 0 Å². The molecule has 59 heavy (non-hydrogen) atoms. The molecule has 0 spiro atoms. The van der Waals surface area contributed by atoms with E-state index >= 15 is 0 Å². The summed E-state index contributed by atoms with van der Waals surface area (Å²) in [6, 6.07) is 0. The fourth-order valence-corrected chi connectivity index (χ4v) is 7.34. The van der Waals surface area contributed by atoms with E-state index in [0.29, 0.717) is 6.42 Å². The summed E-state index contributed by atoms with van der Waals surface area (Å²) in [5.74, 6) is -0.835. The summed E-state index contributed by atoms with van der Waals surface area (Å²) in [7, 11) is -4.38. The van der Waals surface area contributed by atoms with Crippen LogP contribution in [0, 0.1) is 0 Å². The van der Waals surface area contributed by atoms with Gasteiger partial charge in [-0.1, -0.05) is 178 Å². The number of unbranched alkanes of at least 4 members (excludes halogenated alkanes) is 24. The summed E-state index contributed by atoms with van der Waals surface area (Å²) in [6.07, 6.45) is 52.8. The van der Waals surface area contributed by atoms with Crippen LogP contribution in [0.1, 0.15) is 219 Å². The van der Waals surface area contributed by atoms with Crippen LogP contribution in [0.25, 0.3) is 0 Å². The number of phosphoric ester groups is 1. The van der Waals surface area contributed by atoms with Crippen LogP contribution in [0.4, 0.5) is 0 Å². The molecule has 0 aliphatic carbocycles. The third-order valence-corrected chi connectivity index (χ3v) is 11.2. The summed E-state index contributed by atoms with van der Waals surface area (Å²) in [4.78, 5) is 35.0. The number of hydrogen-bond donors (Lipinski definition) is 2. The molecule has 0 rings (SSSR count). The second kappa shape index (κ2) is 45.5. The molecule has 0 heterocycles. The Morgan fingerprint density at radius 1 is 0.508 bits per heavy atom. The van der Waals surface area contributed by atoms with Crippen molar-refractivity contribution in [1.82, 2.24) is 0 Å². The van der Waals surface area contributed by atoms with Gasteiger partial charge in [-0.25, -0.2) is 4.57 Å². The first-order valence-corrected chi connectivity index (χ1v) is 25.6. The highest BCUT2D eigenvalue weighted by molar-refractivity contribution is 7.47. The number of hydrogen-bond acceptors (Lipinski definition) is 8. The number of carbonyl (C=O) groups is 2. The average Bonchev–Trinajstić information content (AvgIpc) is 3.22. The fraction of sp³-hybridized carbons (Fsp3) is 0.796. The summed E-state index contributed by atoms with van der Waals surface area (Å²) in [5.41, 5.74) is 5.36. The van der Waals surface area contributed by atoms with E-state index in [1.807, 2.05) is 0 Å². The minimum Gasteiger partial charge on any atom is -0.462 e. The molecular formula is C49H90NO8P. The van der Waals surface area contributed by atoms with Gasteiger partial charge in [0.2, 0.25) is 0 Å². The zero-order valence-corrected chi connectivity index (χ0v) is 38.9. The molecule has 2 atom stereocenters. The highest BCUT2D eigenvalue weighted by Crippen LogP contribution is 2.43. The van der Waals surface area contributed by atoms with E-state index in [4.69, 9.17) is 24.3 Å². The minimum atomic E-state index is -4.38. The number of ether oxygens (including phenoxy) is 2. The molecule has 0 bridgehead atoms. The lowest BCUT2D eigenvalue weighted by molar-refractivity contribution is -0.161. The molecule has 344 valence electrons. The van der Waals surface area contributed by atoms with Crippen molar-refractivity contribution in [2.45, 2.75) is 225 Å². The number of phosphoric acid groups is 1. The molecule has 0 fully saturated rings. The van der Waals surface area contributed by atoms with Crippen molar-refractivity contribution >= 4 is 19.8 Å². The van der Waals surface area contributed by atoms with Crippen LogP contribution in [0.15, 0.2) is 48.6 Å². The van der Waals surface area contributed by atoms with Gasteiger partial charge in [0.25, 0.3) is 0 Å². The van der Waals surface area contributed by atoms with Crippen LogP contribution in [-0.2, 0) is 32.7 Å². The monoisotopic (exact) mass is 852 g/mol. The number of carbonyl (C=O) groups excluding carboxylic acids is 2. The largest absolute Gasteiger partial charge is 0.472 e. The van der Waals surface area contributed by atoms with Crippen molar-refractivity contribution in [3.8, 4) is 0 Å². The van der Waals surface area contributed by atoms with Crippen molar-refractivity contribution in [3.63, 3.8) is 0 Å². The highest BCUT2D eigenvalue weighted by atomic mass is 31.2. The van der Waals surface area contributed by atoms with Gasteiger partial charge >= 0.3 is 19.8 Å². The van der Waals surface area contributed by atoms with E-state index in [2.05, 4.69) is 62.5 Å². The number of nitrogens with two attached hydrogens (primary N) is 1. The molecule has 10 heteroatoms. The Morgan fingerprint density at radius 3 is 1.29 bits per heavy atom. The van der Waals surface area contributed by atoms with Crippen molar-refractivity contribution in [1.29, 1.82) is 0 Å². The Hall–Kier alpha value is -2.03. The van der Waals surface area contributed by atoms with E-state index in [1.54, 1.807) is 0 Å². The maximum absolute atomic E-state index is 12.6. The third kappa shape index (κ3) is 45.3. The Bertz CT molecular complexity index is 1110. The predicted molar refractivity (Wildman–Crippen MR) is 247 cm³/mol. The van der Waals surface area contributed by atoms with Crippen molar-refractivity contribution in [2.75, 3.05) is 26.4 Å². The van der Waals surface area contributed by atoms with Gasteiger partial charge in [0, 0.05) is 19.4 Å². The van der Waals surface area contributed by atoms with Crippen LogP contribution in [0.3, 0.4) is 0 Å². The smallest absolute Gasteiger partial charge is 0.462 e. The van der Waals surface area contributed by atoms with Crippen molar-refractivity contribution in [2.24, 2.45) is 5.73 Å². The van der Waals surface area contributed by atoms with Crippen molar-refractivity contribution in [3.05, 3.63) is 48.6 Å². The molecule has 0 aromatic carbocycles. The summed E-state index contributed by atoms with van der Waals surface area (Å²) in [6.45, 7) is 3.69. The van der Waals surface area contributed by atoms with Crippen molar-refractivity contribution < 1.29 is 37.6 Å². The molecule has 2 unspecified atom stereocenters. The van der Waals surface area contributed by atoms with Gasteiger partial charge in [0.1, 0.15) is 6.61 Å². The average molecular weight is 852 g/mol. The molecule has 0 aliphatic heterocycles. The predicted octanol–water partition coefficient (Wildman–Crippen LogP) is 14.3. The van der Waals surface area contributed by atoms with Crippen LogP contribution in [0.2, 0.25) is 0 Å². The minimum absolute atomic E-state index is 0.0510. The summed E-state index contributed by atoms with van der Waals surface area (Å²) >= 11 is 0. The maximum Gasteiger partial charge on any atom is 0.472 e. The lowest BCUT2D eigenvalue weighted by atomic mass is 10.1. The standard InChI is InChI=1S/C49H90NO8P/c1-3-5-7-9-11-13-15-17-19-21-23-25-27-29-31-33-35-37-39-41-48(51)55-45-47(46-57-59(53,54)56-44-43-50)58-49(52)42-40-38-36-34-32-30-28-26-24-22-20-18-16-14-12-10-8-6-4-2/h11-14,17-20,47H,3-10,15-16,21-46,50H2,1-2H3,(H,53,54). The molecule has 0 saturated carbocycles. The molecular weight excluding hydrogens is 762 g/mol. The van der Waals surface area contributed by atoms with Gasteiger partial charge in [-0.05, 0) is 77.0 Å². The lowest BCUT2D eigenvalue weighted by Gasteiger charge is -2.19. The molecule has 0 aliphatic rings. The van der Waals surface area contributed by atoms with Crippen LogP contribution < -0.4 is 5.73 Å². The topological polar surface area (TPSA) is 134 Å². The molecule has 0 radical (unpaired) electrons. The molecule has 0 aromatic rings. The van der Waals surface area contributed by atoms with E-state index < -0.39 is 26.5 Å². The Balaban J connectivity index is 4.09. The number of rotatable bonds is 45. The van der Waals surface area contributed by atoms with E-state index in [0.717, 1.165) is 57.8 Å². The van der Waals surface area contributed by atoms with Crippen LogP contribution in [0.5, 0.6) is 0 Å². The first kappa shape index (κ1) is 57.0. The van der Waals surface area contributed by atoms with E-state index in [-0.39, 0.29) is 38.6 Å². The van der Waals surface area contributed by atoms with E-state index in [1.165, 1.54) is 128 Å². The normalized spacial score (nSPS) is 13.6. The Morgan fingerprint density at radius 2 is 0.881 bits per heavy atom. The van der Waals surface area contributed by atoms with E-state index in [9.17, 15) is 19.0 Å². The fourth-order valence-electron chi connectivity index (χ4n) is 6.58. The quantitative estimate of drug-likeness (QED) is 0.0266. The first-order valence-electron chi connectivity index (χ1n) is 24.1. The van der Waals surface area contributed by atoms with Gasteiger partial charge in [0.05, 0.1) is 13.2 Å². The van der Waals surface area contributed by atoms with Crippen LogP contribution in [-0.4, -0.2) is 49.3 Å². The molecule has 3 N–H and O–H groups in total. The molecule has 0 aromatic heterocycles. The Labute approximate surface area is 362 Å². The Kier molecular flexibility index (Phi) is 43.9. The SMILES string of the molecule is CCCCCC=CCC=CCCCCCCCCCCCC(=O)OCC(COP(=O)(O)OCCN)OC(=O)CCCCCCCCCCCC=CCC=CCCCCC. The second-order valence-electron chi connectivity index (χ2n) is 16.0. The second-order valence-corrected chi connectivity index (χ2v) is 17.4. The number of allylic oxidation sites excluding steroid dienone is 8. The van der Waals surface area contributed by atoms with Crippen LogP contribution >= 0.6 is 7.82 Å².